The van der Waals surface area contributed by atoms with Crippen LogP contribution in [-0.4, -0.2) is 33.8 Å². The van der Waals surface area contributed by atoms with Gasteiger partial charge in [-0.05, 0) is 86.8 Å². The van der Waals surface area contributed by atoms with E-state index in [9.17, 15) is 4.79 Å². The SMILES string of the molecule is Cc1nn(C)c2c1-c1c(F)ccc3c(CCCOc4cccc5c4CCC5)c(C=O)n(c13)CCCCOC2. The molecule has 0 fully saturated rings. The average molecular weight is 516 g/mol. The van der Waals surface area contributed by atoms with Crippen molar-refractivity contribution in [3.8, 4) is 16.9 Å². The minimum absolute atomic E-state index is 0.307. The van der Waals surface area contributed by atoms with Gasteiger partial charge in [-0.15, -0.1) is 0 Å². The normalized spacial score (nSPS) is 15.2. The van der Waals surface area contributed by atoms with Gasteiger partial charge in [-0.1, -0.05) is 12.1 Å². The molecule has 2 aromatic heterocycles. The Kier molecular flexibility index (Phi) is 6.78. The van der Waals surface area contributed by atoms with E-state index in [1.54, 1.807) is 4.68 Å². The molecule has 6 rings (SSSR count). The number of fused-ring (bicyclic) bond motifs is 3. The highest BCUT2D eigenvalue weighted by Crippen LogP contribution is 2.40. The van der Waals surface area contributed by atoms with Gasteiger partial charge in [0.05, 0.1) is 35.8 Å². The Morgan fingerprint density at radius 1 is 1.13 bits per heavy atom. The van der Waals surface area contributed by atoms with Crippen molar-refractivity contribution in [1.82, 2.24) is 14.3 Å². The molecule has 6 nitrogen and oxygen atoms in total. The molecule has 7 heteroatoms. The molecule has 0 saturated heterocycles. The number of aromatic nitrogens is 3. The third-order valence-electron chi connectivity index (χ3n) is 8.12. The molecule has 0 unspecified atom stereocenters. The molecule has 4 aromatic rings. The van der Waals surface area contributed by atoms with Gasteiger partial charge in [0, 0.05) is 36.7 Å². The predicted molar refractivity (Wildman–Crippen MR) is 145 cm³/mol. The molecule has 0 radical (unpaired) electrons. The van der Waals surface area contributed by atoms with Crippen molar-refractivity contribution >= 4 is 17.2 Å². The number of carbonyl (C=O) groups is 1. The van der Waals surface area contributed by atoms with Crippen molar-refractivity contribution in [3.63, 3.8) is 0 Å². The van der Waals surface area contributed by atoms with Gasteiger partial charge in [-0.3, -0.25) is 9.48 Å². The van der Waals surface area contributed by atoms with Crippen LogP contribution in [0.25, 0.3) is 22.0 Å². The summed E-state index contributed by atoms with van der Waals surface area (Å²) in [7, 11) is 1.87. The molecule has 0 spiro atoms. The number of hydrogen-bond donors (Lipinski definition) is 0. The number of halogens is 1. The Morgan fingerprint density at radius 3 is 2.89 bits per heavy atom. The molecule has 0 saturated carbocycles. The van der Waals surface area contributed by atoms with E-state index in [1.165, 1.54) is 23.6 Å². The minimum atomic E-state index is -0.307. The van der Waals surface area contributed by atoms with Crippen LogP contribution < -0.4 is 4.74 Å². The number of aldehydes is 1. The molecule has 2 aromatic carbocycles. The number of nitrogens with zero attached hydrogens (tertiary/aromatic N) is 3. The van der Waals surface area contributed by atoms with Gasteiger partial charge in [0.15, 0.2) is 6.29 Å². The van der Waals surface area contributed by atoms with Gasteiger partial charge < -0.3 is 14.0 Å². The standard InChI is InChI=1S/C31H34FN3O3/c1-20-29-27(34(2)33-20)19-37-16-4-3-15-35-26(18-36)23(24-13-14-25(32)30(29)31(24)35)11-7-17-38-28-12-6-9-21-8-5-10-22(21)28/h6,9,12-14,18H,3-5,7-8,10-11,15-17,19H2,1-2H3. The van der Waals surface area contributed by atoms with Crippen molar-refractivity contribution in [3.05, 3.63) is 69.9 Å². The first-order chi connectivity index (χ1) is 18.6. The number of ether oxygens (including phenoxy) is 2. The fourth-order valence-corrected chi connectivity index (χ4v) is 6.37. The first kappa shape index (κ1) is 24.9. The van der Waals surface area contributed by atoms with Crippen LogP contribution in [-0.2, 0) is 44.2 Å². The highest BCUT2D eigenvalue weighted by atomic mass is 19.1. The van der Waals surface area contributed by atoms with Crippen molar-refractivity contribution in [2.24, 2.45) is 7.05 Å². The van der Waals surface area contributed by atoms with Gasteiger partial charge in [0.2, 0.25) is 0 Å². The maximum atomic E-state index is 15.7. The lowest BCUT2D eigenvalue weighted by molar-refractivity contribution is 0.110. The second-order valence-electron chi connectivity index (χ2n) is 10.4. The summed E-state index contributed by atoms with van der Waals surface area (Å²) in [5.74, 6) is 0.678. The molecular weight excluding hydrogens is 481 g/mol. The van der Waals surface area contributed by atoms with Crippen molar-refractivity contribution in [1.29, 1.82) is 0 Å². The van der Waals surface area contributed by atoms with Gasteiger partial charge in [-0.25, -0.2) is 4.39 Å². The topological polar surface area (TPSA) is 58.3 Å². The van der Waals surface area contributed by atoms with Crippen LogP contribution in [0.4, 0.5) is 4.39 Å². The lowest BCUT2D eigenvalue weighted by Crippen LogP contribution is -2.07. The highest BCUT2D eigenvalue weighted by Gasteiger charge is 2.27. The molecule has 3 heterocycles. The summed E-state index contributed by atoms with van der Waals surface area (Å²) in [5.41, 5.74) is 8.00. The van der Waals surface area contributed by atoms with Crippen molar-refractivity contribution in [2.45, 2.75) is 65.0 Å². The monoisotopic (exact) mass is 515 g/mol. The molecule has 38 heavy (non-hydrogen) atoms. The van der Waals surface area contributed by atoms with Crippen LogP contribution >= 0.6 is 0 Å². The second kappa shape index (κ2) is 10.4. The number of benzene rings is 2. The summed E-state index contributed by atoms with van der Waals surface area (Å²) < 4.78 is 31.7. The molecule has 0 amide bonds. The fraction of sp³-hybridized carbons (Fsp3) is 0.419. The van der Waals surface area contributed by atoms with E-state index in [4.69, 9.17) is 9.47 Å². The van der Waals surface area contributed by atoms with E-state index in [1.807, 2.05) is 24.6 Å². The summed E-state index contributed by atoms with van der Waals surface area (Å²) in [5, 5.41) is 5.53. The summed E-state index contributed by atoms with van der Waals surface area (Å²) in [4.78, 5) is 12.5. The van der Waals surface area contributed by atoms with Crippen LogP contribution in [0.5, 0.6) is 5.75 Å². The molecule has 0 atom stereocenters. The van der Waals surface area contributed by atoms with Crippen LogP contribution in [0.3, 0.4) is 0 Å². The number of aryl methyl sites for hydroxylation is 5. The molecule has 0 bridgehead atoms. The summed E-state index contributed by atoms with van der Waals surface area (Å²) in [6.45, 7) is 4.08. The third-order valence-corrected chi connectivity index (χ3v) is 8.12. The Hall–Kier alpha value is -3.45. The zero-order valence-corrected chi connectivity index (χ0v) is 22.2. The number of carbonyl (C=O) groups excluding carboxylic acids is 1. The van der Waals surface area contributed by atoms with E-state index in [2.05, 4.69) is 23.3 Å². The largest absolute Gasteiger partial charge is 0.493 e. The van der Waals surface area contributed by atoms with E-state index in [0.29, 0.717) is 44.0 Å². The lowest BCUT2D eigenvalue weighted by Gasteiger charge is -2.12. The van der Waals surface area contributed by atoms with Crippen molar-refractivity contribution < 1.29 is 18.7 Å². The Labute approximate surface area is 222 Å². The Balaban J connectivity index is 1.39. The van der Waals surface area contributed by atoms with E-state index in [0.717, 1.165) is 77.6 Å². The number of hydrogen-bond acceptors (Lipinski definition) is 4. The Morgan fingerprint density at radius 2 is 2.03 bits per heavy atom. The molecule has 1 aliphatic heterocycles. The van der Waals surface area contributed by atoms with Gasteiger partial charge in [0.1, 0.15) is 11.6 Å². The molecule has 0 N–H and O–H groups in total. The van der Waals surface area contributed by atoms with Gasteiger partial charge >= 0.3 is 0 Å². The van der Waals surface area contributed by atoms with Crippen LogP contribution in [0.1, 0.15) is 64.2 Å². The minimum Gasteiger partial charge on any atom is -0.493 e. The highest BCUT2D eigenvalue weighted by molar-refractivity contribution is 6.02. The summed E-state index contributed by atoms with van der Waals surface area (Å²) >= 11 is 0. The quantitative estimate of drug-likeness (QED) is 0.230. The first-order valence-electron chi connectivity index (χ1n) is 13.7. The molecule has 2 aliphatic rings. The predicted octanol–water partition coefficient (Wildman–Crippen LogP) is 6.11. The lowest BCUT2D eigenvalue weighted by atomic mass is 9.97. The fourth-order valence-electron chi connectivity index (χ4n) is 6.37. The summed E-state index contributed by atoms with van der Waals surface area (Å²) in [6, 6.07) is 9.68. The van der Waals surface area contributed by atoms with Crippen LogP contribution in [0, 0.1) is 12.7 Å². The average Bonchev–Trinajstić information content (AvgIpc) is 3.57. The summed E-state index contributed by atoms with van der Waals surface area (Å²) in [6.07, 6.45) is 7.47. The van der Waals surface area contributed by atoms with Crippen LogP contribution in [0.15, 0.2) is 30.3 Å². The maximum Gasteiger partial charge on any atom is 0.166 e. The van der Waals surface area contributed by atoms with Crippen LogP contribution in [0.2, 0.25) is 0 Å². The van der Waals surface area contributed by atoms with Gasteiger partial charge in [0.25, 0.3) is 0 Å². The number of rotatable bonds is 6. The van der Waals surface area contributed by atoms with Crippen molar-refractivity contribution in [2.75, 3.05) is 13.2 Å². The second-order valence-corrected chi connectivity index (χ2v) is 10.4. The first-order valence-corrected chi connectivity index (χ1v) is 13.7. The molecule has 1 aliphatic carbocycles. The smallest absolute Gasteiger partial charge is 0.166 e. The third kappa shape index (κ3) is 4.23. The van der Waals surface area contributed by atoms with E-state index >= 15 is 4.39 Å². The van der Waals surface area contributed by atoms with E-state index < -0.39 is 0 Å². The molecular formula is C31H34FN3O3. The maximum absolute atomic E-state index is 15.7. The molecule has 198 valence electrons. The van der Waals surface area contributed by atoms with Gasteiger partial charge in [-0.2, -0.15) is 5.10 Å². The van der Waals surface area contributed by atoms with E-state index in [-0.39, 0.29) is 5.82 Å². The zero-order chi connectivity index (χ0) is 26.2. The zero-order valence-electron chi connectivity index (χ0n) is 22.2. The Bertz CT molecular complexity index is 1520.